The highest BCUT2D eigenvalue weighted by atomic mass is 16.5. The van der Waals surface area contributed by atoms with Gasteiger partial charge < -0.3 is 29.9 Å². The van der Waals surface area contributed by atoms with Crippen LogP contribution in [0.2, 0.25) is 0 Å². The standard InChI is InChI=1S/C12H16O4.C6H6O2/c1-7(2)16-12-5-8(13)4-11-10(12)3-9(14)6-15-11;7-5-3-1-2-4-6(5)8/h4-5,7,9,13-14H,3,6H2,1-2H3;1-4,7-8H. The van der Waals surface area contributed by atoms with E-state index >= 15 is 0 Å². The molecule has 3 rings (SSSR count). The molecule has 2 aromatic carbocycles. The lowest BCUT2D eigenvalue weighted by molar-refractivity contribution is 0.0893. The maximum Gasteiger partial charge on any atom is 0.157 e. The minimum atomic E-state index is -0.508. The molecule has 0 saturated carbocycles. The molecule has 1 atom stereocenters. The summed E-state index contributed by atoms with van der Waals surface area (Å²) >= 11 is 0. The van der Waals surface area contributed by atoms with Gasteiger partial charge in [-0.25, -0.2) is 0 Å². The maximum atomic E-state index is 9.54. The first kappa shape index (κ1) is 17.7. The molecular formula is C18H22O6. The maximum absolute atomic E-state index is 9.54. The van der Waals surface area contributed by atoms with Crippen LogP contribution in [0.25, 0.3) is 0 Å². The first-order valence-corrected chi connectivity index (χ1v) is 7.67. The van der Waals surface area contributed by atoms with Crippen molar-refractivity contribution in [3.05, 3.63) is 42.0 Å². The van der Waals surface area contributed by atoms with Gasteiger partial charge >= 0.3 is 0 Å². The van der Waals surface area contributed by atoms with Crippen LogP contribution in [0.1, 0.15) is 19.4 Å². The van der Waals surface area contributed by atoms with Crippen LogP contribution >= 0.6 is 0 Å². The third-order valence-electron chi connectivity index (χ3n) is 3.27. The highest BCUT2D eigenvalue weighted by Crippen LogP contribution is 2.37. The summed E-state index contributed by atoms with van der Waals surface area (Å²) in [5.74, 6) is 1.15. The van der Waals surface area contributed by atoms with E-state index in [4.69, 9.17) is 19.7 Å². The van der Waals surface area contributed by atoms with E-state index in [0.717, 1.165) is 5.56 Å². The predicted octanol–water partition coefficient (Wildman–Crippen LogP) is 2.57. The van der Waals surface area contributed by atoms with Gasteiger partial charge in [-0.1, -0.05) is 12.1 Å². The van der Waals surface area contributed by atoms with Crippen LogP contribution in [0.15, 0.2) is 36.4 Å². The Kier molecular flexibility index (Phi) is 5.76. The van der Waals surface area contributed by atoms with Gasteiger partial charge in [0.2, 0.25) is 0 Å². The number of phenolic OH excluding ortho intramolecular Hbond substituents is 3. The number of phenols is 3. The van der Waals surface area contributed by atoms with Crippen molar-refractivity contribution in [3.63, 3.8) is 0 Å². The summed E-state index contributed by atoms with van der Waals surface area (Å²) in [7, 11) is 0. The molecule has 0 aliphatic carbocycles. The zero-order valence-electron chi connectivity index (χ0n) is 13.6. The van der Waals surface area contributed by atoms with Gasteiger partial charge in [0, 0.05) is 24.1 Å². The SMILES string of the molecule is CC(C)Oc1cc(O)cc2c1CC(O)CO2.Oc1ccccc1O. The number of rotatable bonds is 2. The van der Waals surface area contributed by atoms with Gasteiger partial charge in [-0.05, 0) is 26.0 Å². The fourth-order valence-corrected chi connectivity index (χ4v) is 2.24. The van der Waals surface area contributed by atoms with E-state index in [9.17, 15) is 10.2 Å². The summed E-state index contributed by atoms with van der Waals surface area (Å²) in [6.07, 6.45) is 0.00836. The number of benzene rings is 2. The van der Waals surface area contributed by atoms with Crippen LogP contribution in [-0.2, 0) is 6.42 Å². The van der Waals surface area contributed by atoms with Gasteiger partial charge in [0.05, 0.1) is 12.2 Å². The van der Waals surface area contributed by atoms with E-state index in [1.807, 2.05) is 13.8 Å². The van der Waals surface area contributed by atoms with Crippen molar-refractivity contribution in [2.24, 2.45) is 0 Å². The van der Waals surface area contributed by atoms with Crippen LogP contribution in [0.5, 0.6) is 28.7 Å². The van der Waals surface area contributed by atoms with Gasteiger partial charge in [-0.3, -0.25) is 0 Å². The fraction of sp³-hybridized carbons (Fsp3) is 0.333. The largest absolute Gasteiger partial charge is 0.508 e. The van der Waals surface area contributed by atoms with Crippen molar-refractivity contribution >= 4 is 0 Å². The molecule has 1 unspecified atom stereocenters. The monoisotopic (exact) mass is 334 g/mol. The van der Waals surface area contributed by atoms with Crippen molar-refractivity contribution in [2.45, 2.75) is 32.5 Å². The first-order valence-electron chi connectivity index (χ1n) is 7.67. The Morgan fingerprint density at radius 1 is 1.08 bits per heavy atom. The van der Waals surface area contributed by atoms with Gasteiger partial charge in [-0.15, -0.1) is 0 Å². The third-order valence-corrected chi connectivity index (χ3v) is 3.27. The molecule has 24 heavy (non-hydrogen) atoms. The quantitative estimate of drug-likeness (QED) is 0.630. The Morgan fingerprint density at radius 3 is 2.25 bits per heavy atom. The van der Waals surface area contributed by atoms with Gasteiger partial charge in [0.1, 0.15) is 23.9 Å². The fourth-order valence-electron chi connectivity index (χ4n) is 2.24. The molecule has 2 aromatic rings. The average molecular weight is 334 g/mol. The molecule has 1 heterocycles. The average Bonchev–Trinajstić information content (AvgIpc) is 2.51. The number of fused-ring (bicyclic) bond motifs is 1. The number of hydrogen-bond acceptors (Lipinski definition) is 6. The number of aliphatic hydroxyl groups excluding tert-OH is 1. The zero-order valence-corrected chi connectivity index (χ0v) is 13.6. The van der Waals surface area contributed by atoms with E-state index in [1.54, 1.807) is 24.3 Å². The number of aromatic hydroxyl groups is 3. The summed E-state index contributed by atoms with van der Waals surface area (Å²) in [5, 5.41) is 36.4. The Morgan fingerprint density at radius 2 is 1.71 bits per heavy atom. The molecule has 0 saturated heterocycles. The molecule has 0 amide bonds. The molecule has 0 spiro atoms. The molecule has 1 aliphatic heterocycles. The highest BCUT2D eigenvalue weighted by Gasteiger charge is 2.23. The molecule has 0 aromatic heterocycles. The second-order valence-electron chi connectivity index (χ2n) is 5.74. The minimum absolute atomic E-state index is 0.0185. The van der Waals surface area contributed by atoms with Crippen molar-refractivity contribution < 1.29 is 29.9 Å². The van der Waals surface area contributed by atoms with E-state index in [-0.39, 0.29) is 30.0 Å². The van der Waals surface area contributed by atoms with Crippen LogP contribution in [0, 0.1) is 0 Å². The summed E-state index contributed by atoms with van der Waals surface area (Å²) in [5.41, 5.74) is 0.824. The molecule has 130 valence electrons. The van der Waals surface area contributed by atoms with Gasteiger partial charge in [0.25, 0.3) is 0 Å². The first-order chi connectivity index (χ1) is 11.4. The van der Waals surface area contributed by atoms with E-state index in [2.05, 4.69) is 0 Å². The zero-order chi connectivity index (χ0) is 17.7. The lowest BCUT2D eigenvalue weighted by Gasteiger charge is -2.25. The third kappa shape index (κ3) is 4.70. The molecule has 1 aliphatic rings. The lowest BCUT2D eigenvalue weighted by Crippen LogP contribution is -2.26. The molecule has 0 fully saturated rings. The van der Waals surface area contributed by atoms with E-state index < -0.39 is 6.10 Å². The van der Waals surface area contributed by atoms with Crippen LogP contribution in [-0.4, -0.2) is 39.2 Å². The number of ether oxygens (including phenoxy) is 2. The smallest absolute Gasteiger partial charge is 0.157 e. The molecular weight excluding hydrogens is 312 g/mol. The van der Waals surface area contributed by atoms with Crippen molar-refractivity contribution in [2.75, 3.05) is 6.61 Å². The Bertz CT molecular complexity index is 662. The molecule has 6 nitrogen and oxygen atoms in total. The van der Waals surface area contributed by atoms with Crippen molar-refractivity contribution in [1.82, 2.24) is 0 Å². The lowest BCUT2D eigenvalue weighted by atomic mass is 10.0. The Balaban J connectivity index is 0.000000219. The highest BCUT2D eigenvalue weighted by molar-refractivity contribution is 5.51. The van der Waals surface area contributed by atoms with E-state index in [0.29, 0.717) is 17.9 Å². The normalized spacial score (nSPS) is 15.8. The van der Waals surface area contributed by atoms with E-state index in [1.165, 1.54) is 12.1 Å². The predicted molar refractivity (Wildman–Crippen MR) is 88.8 cm³/mol. The summed E-state index contributed by atoms with van der Waals surface area (Å²) < 4.78 is 10.9. The van der Waals surface area contributed by atoms with Crippen LogP contribution < -0.4 is 9.47 Å². The topological polar surface area (TPSA) is 99.4 Å². The molecule has 4 N–H and O–H groups in total. The van der Waals surface area contributed by atoms with Crippen molar-refractivity contribution in [3.8, 4) is 28.7 Å². The second kappa shape index (κ2) is 7.79. The summed E-state index contributed by atoms with van der Waals surface area (Å²) in [6.45, 7) is 4.09. The molecule has 0 bridgehead atoms. The van der Waals surface area contributed by atoms with Crippen molar-refractivity contribution in [1.29, 1.82) is 0 Å². The number of para-hydroxylation sites is 2. The second-order valence-corrected chi connectivity index (χ2v) is 5.74. The van der Waals surface area contributed by atoms with Gasteiger partial charge in [0.15, 0.2) is 11.5 Å². The van der Waals surface area contributed by atoms with Crippen LogP contribution in [0.4, 0.5) is 0 Å². The Hall–Kier alpha value is -2.60. The number of aliphatic hydroxyl groups is 1. The Labute approximate surface area is 140 Å². The number of hydrogen-bond donors (Lipinski definition) is 4. The minimum Gasteiger partial charge on any atom is -0.508 e. The van der Waals surface area contributed by atoms with Crippen LogP contribution in [0.3, 0.4) is 0 Å². The van der Waals surface area contributed by atoms with Gasteiger partial charge in [-0.2, -0.15) is 0 Å². The summed E-state index contributed by atoms with van der Waals surface area (Å²) in [6, 6.07) is 9.25. The summed E-state index contributed by atoms with van der Waals surface area (Å²) in [4.78, 5) is 0. The molecule has 0 radical (unpaired) electrons. The molecule has 6 heteroatoms.